The van der Waals surface area contributed by atoms with Gasteiger partial charge in [0.05, 0.1) is 23.9 Å². The molecule has 0 atom stereocenters. The zero-order valence-corrected chi connectivity index (χ0v) is 21.8. The average Bonchev–Trinajstić information content (AvgIpc) is 2.84. The van der Waals surface area contributed by atoms with Crippen LogP contribution in [0, 0.1) is 6.92 Å². The summed E-state index contributed by atoms with van der Waals surface area (Å²) in [6.07, 6.45) is 1.44. The fourth-order valence-corrected chi connectivity index (χ4v) is 3.63. The molecule has 0 radical (unpaired) electrons. The van der Waals surface area contributed by atoms with E-state index >= 15 is 0 Å². The number of hydrogen-bond acceptors (Lipinski definition) is 6. The first-order valence-electron chi connectivity index (χ1n) is 11.1. The molecule has 1 N–H and O–H groups in total. The number of hydrazone groups is 1. The molecule has 1 amide bonds. The molecule has 9 heteroatoms. The molecule has 0 spiro atoms. The normalized spacial score (nSPS) is 11.0. The first kappa shape index (κ1) is 27.0. The minimum atomic E-state index is -0.655. The van der Waals surface area contributed by atoms with Crippen LogP contribution in [0.15, 0.2) is 59.7 Å². The lowest BCUT2D eigenvalue weighted by Gasteiger charge is -2.12. The topological polar surface area (TPSA) is 86.2 Å². The largest absolute Gasteiger partial charge is 0.493 e. The quantitative estimate of drug-likeness (QED) is 0.155. The Labute approximate surface area is 220 Å². The summed E-state index contributed by atoms with van der Waals surface area (Å²) in [6.45, 7) is 5.94. The zero-order chi connectivity index (χ0) is 26.2. The molecule has 3 rings (SSSR count). The van der Waals surface area contributed by atoms with Gasteiger partial charge in [-0.2, -0.15) is 5.10 Å². The fourth-order valence-electron chi connectivity index (χ4n) is 3.14. The van der Waals surface area contributed by atoms with E-state index < -0.39 is 11.9 Å². The molecule has 0 heterocycles. The van der Waals surface area contributed by atoms with Gasteiger partial charge in [-0.05, 0) is 72.0 Å². The van der Waals surface area contributed by atoms with Crippen LogP contribution in [0.5, 0.6) is 17.2 Å². The Kier molecular flexibility index (Phi) is 9.33. The van der Waals surface area contributed by atoms with Crippen LogP contribution in [0.2, 0.25) is 10.0 Å². The molecule has 0 unspecified atom stereocenters. The minimum Gasteiger partial charge on any atom is -0.493 e. The summed E-state index contributed by atoms with van der Waals surface area (Å²) in [5.41, 5.74) is 5.29. The van der Waals surface area contributed by atoms with E-state index in [9.17, 15) is 9.59 Å². The van der Waals surface area contributed by atoms with Crippen molar-refractivity contribution >= 4 is 41.3 Å². The van der Waals surface area contributed by atoms with Crippen LogP contribution in [0.1, 0.15) is 46.8 Å². The van der Waals surface area contributed by atoms with Gasteiger partial charge in [-0.25, -0.2) is 10.2 Å². The second-order valence-corrected chi connectivity index (χ2v) is 9.03. The number of nitrogens with one attached hydrogen (secondary N) is 1. The maximum absolute atomic E-state index is 12.5. The first-order chi connectivity index (χ1) is 17.2. The van der Waals surface area contributed by atoms with Crippen molar-refractivity contribution < 1.29 is 23.8 Å². The number of carbonyl (C=O) groups is 2. The minimum absolute atomic E-state index is 0.171. The summed E-state index contributed by atoms with van der Waals surface area (Å²) in [5, 5.41) is 4.55. The number of amides is 1. The summed E-state index contributed by atoms with van der Waals surface area (Å²) in [7, 11) is 1.44. The van der Waals surface area contributed by atoms with E-state index in [2.05, 4.69) is 24.4 Å². The highest BCUT2D eigenvalue weighted by atomic mass is 35.5. The number of ether oxygens (including phenoxy) is 3. The van der Waals surface area contributed by atoms with Crippen LogP contribution < -0.4 is 19.6 Å². The number of esters is 1. The van der Waals surface area contributed by atoms with E-state index in [4.69, 9.17) is 37.4 Å². The summed E-state index contributed by atoms with van der Waals surface area (Å²) in [4.78, 5) is 24.7. The maximum Gasteiger partial charge on any atom is 0.345 e. The van der Waals surface area contributed by atoms with Gasteiger partial charge in [-0.3, -0.25) is 4.79 Å². The summed E-state index contributed by atoms with van der Waals surface area (Å²) in [5.74, 6) is 0.453. The number of carbonyl (C=O) groups excluding carboxylic acids is 2. The predicted molar refractivity (Wildman–Crippen MR) is 141 cm³/mol. The van der Waals surface area contributed by atoms with Gasteiger partial charge in [-0.15, -0.1) is 0 Å². The van der Waals surface area contributed by atoms with Crippen LogP contribution in [-0.2, 0) is 4.79 Å². The van der Waals surface area contributed by atoms with Crippen molar-refractivity contribution in [3.63, 3.8) is 0 Å². The van der Waals surface area contributed by atoms with Gasteiger partial charge >= 0.3 is 5.97 Å². The molecular formula is C27H26Cl2N2O5. The molecule has 7 nitrogen and oxygen atoms in total. The Bertz CT molecular complexity index is 1290. The van der Waals surface area contributed by atoms with Crippen molar-refractivity contribution in [2.45, 2.75) is 26.7 Å². The average molecular weight is 529 g/mol. The van der Waals surface area contributed by atoms with E-state index in [1.807, 2.05) is 25.1 Å². The number of halogens is 2. The molecule has 0 aliphatic carbocycles. The number of rotatable bonds is 9. The van der Waals surface area contributed by atoms with Crippen LogP contribution in [0.4, 0.5) is 0 Å². The van der Waals surface area contributed by atoms with Crippen LogP contribution in [0.25, 0.3) is 0 Å². The molecule has 3 aromatic rings. The van der Waals surface area contributed by atoms with Crippen molar-refractivity contribution in [3.05, 3.63) is 86.9 Å². The third kappa shape index (κ3) is 7.23. The number of methoxy groups -OCH3 is 1. The molecule has 188 valence electrons. The van der Waals surface area contributed by atoms with Gasteiger partial charge in [-0.1, -0.05) is 49.2 Å². The standard InChI is InChI=1S/C27H26Cl2N2O5/c1-16(2)19-7-5-17(3)24(12-19)35-15-26(32)31-30-14-18-6-10-23(25(11-18)34-4)36-27(33)21-9-8-20(28)13-22(21)29/h5-14,16H,15H2,1-4H3,(H,31,32)/b30-14-. The highest BCUT2D eigenvalue weighted by molar-refractivity contribution is 6.36. The van der Waals surface area contributed by atoms with E-state index in [1.165, 1.54) is 25.5 Å². The van der Waals surface area contributed by atoms with Gasteiger partial charge in [0.25, 0.3) is 5.91 Å². The van der Waals surface area contributed by atoms with Crippen molar-refractivity contribution in [1.82, 2.24) is 5.43 Å². The van der Waals surface area contributed by atoms with E-state index in [-0.39, 0.29) is 22.9 Å². The maximum atomic E-state index is 12.5. The summed E-state index contributed by atoms with van der Waals surface area (Å²) < 4.78 is 16.4. The first-order valence-corrected chi connectivity index (χ1v) is 11.8. The summed E-state index contributed by atoms with van der Waals surface area (Å²) in [6, 6.07) is 15.3. The van der Waals surface area contributed by atoms with E-state index in [0.717, 1.165) is 11.1 Å². The smallest absolute Gasteiger partial charge is 0.345 e. The van der Waals surface area contributed by atoms with Crippen LogP contribution >= 0.6 is 23.2 Å². The molecule has 0 saturated carbocycles. The van der Waals surface area contributed by atoms with E-state index in [0.29, 0.717) is 28.0 Å². The number of nitrogens with zero attached hydrogens (tertiary/aromatic N) is 1. The molecule has 0 aliphatic rings. The lowest BCUT2D eigenvalue weighted by molar-refractivity contribution is -0.123. The summed E-state index contributed by atoms with van der Waals surface area (Å²) >= 11 is 12.0. The van der Waals surface area contributed by atoms with Gasteiger partial charge in [0, 0.05) is 5.02 Å². The number of hydrogen-bond donors (Lipinski definition) is 1. The van der Waals surface area contributed by atoms with Crippen molar-refractivity contribution in [1.29, 1.82) is 0 Å². The van der Waals surface area contributed by atoms with Gasteiger partial charge < -0.3 is 14.2 Å². The second-order valence-electron chi connectivity index (χ2n) is 8.19. The Morgan fingerprint density at radius 3 is 2.47 bits per heavy atom. The third-order valence-electron chi connectivity index (χ3n) is 5.18. The highest BCUT2D eigenvalue weighted by Gasteiger charge is 2.16. The fraction of sp³-hybridized carbons (Fsp3) is 0.222. The van der Waals surface area contributed by atoms with Crippen LogP contribution in [0.3, 0.4) is 0 Å². The lowest BCUT2D eigenvalue weighted by Crippen LogP contribution is -2.24. The lowest BCUT2D eigenvalue weighted by atomic mass is 10.0. The van der Waals surface area contributed by atoms with Crippen molar-refractivity contribution in [2.75, 3.05) is 13.7 Å². The monoisotopic (exact) mass is 528 g/mol. The number of aryl methyl sites for hydroxylation is 1. The molecule has 0 fully saturated rings. The molecular weight excluding hydrogens is 503 g/mol. The molecule has 0 aliphatic heterocycles. The Morgan fingerprint density at radius 2 is 1.78 bits per heavy atom. The predicted octanol–water partition coefficient (Wildman–Crippen LogP) is 6.18. The molecule has 3 aromatic carbocycles. The van der Waals surface area contributed by atoms with Gasteiger partial charge in [0.15, 0.2) is 18.1 Å². The molecule has 0 saturated heterocycles. The van der Waals surface area contributed by atoms with Gasteiger partial charge in [0.2, 0.25) is 0 Å². The third-order valence-corrected chi connectivity index (χ3v) is 5.73. The molecule has 0 bridgehead atoms. The zero-order valence-electron chi connectivity index (χ0n) is 20.3. The van der Waals surface area contributed by atoms with Crippen molar-refractivity contribution in [2.24, 2.45) is 5.10 Å². The highest BCUT2D eigenvalue weighted by Crippen LogP contribution is 2.30. The van der Waals surface area contributed by atoms with Crippen LogP contribution in [-0.4, -0.2) is 31.8 Å². The Morgan fingerprint density at radius 1 is 1.00 bits per heavy atom. The Balaban J connectivity index is 1.59. The van der Waals surface area contributed by atoms with Crippen molar-refractivity contribution in [3.8, 4) is 17.2 Å². The molecule has 36 heavy (non-hydrogen) atoms. The SMILES string of the molecule is COc1cc(/C=N\NC(=O)COc2cc(C(C)C)ccc2C)ccc1OC(=O)c1ccc(Cl)cc1Cl. The van der Waals surface area contributed by atoms with Gasteiger partial charge in [0.1, 0.15) is 5.75 Å². The molecule has 0 aromatic heterocycles. The number of benzene rings is 3. The Hall–Kier alpha value is -3.55. The van der Waals surface area contributed by atoms with E-state index in [1.54, 1.807) is 24.3 Å². The second kappa shape index (κ2) is 12.4.